The molecule has 1 aromatic carbocycles. The van der Waals surface area contributed by atoms with E-state index in [1.165, 1.54) is 18.2 Å². The Morgan fingerprint density at radius 3 is 2.20 bits per heavy atom. The third-order valence-corrected chi connectivity index (χ3v) is 1.36. The summed E-state index contributed by atoms with van der Waals surface area (Å²) in [5, 5.41) is 0. The van der Waals surface area contributed by atoms with Crippen LogP contribution in [0.1, 0.15) is 10.4 Å². The third-order valence-electron chi connectivity index (χ3n) is 1.36. The van der Waals surface area contributed by atoms with Crippen LogP contribution in [0, 0.1) is 5.82 Å². The van der Waals surface area contributed by atoms with E-state index in [1.807, 2.05) is 26.0 Å². The summed E-state index contributed by atoms with van der Waals surface area (Å²) >= 11 is 0. The zero-order valence-electron chi connectivity index (χ0n) is 9.33. The number of hydrogen-bond acceptors (Lipinski definition) is 2. The Morgan fingerprint density at radius 2 is 1.80 bits per heavy atom. The first-order valence-electron chi connectivity index (χ1n) is 4.57. The number of hydrogen-bond donors (Lipinski definition) is 0. The molecule has 0 saturated carbocycles. The number of Topliss-reactive ketones (excluding diaryl/α,β-unsaturated/α-hetero) is 1. The molecule has 1 rings (SSSR count). The first kappa shape index (κ1) is 13.8. The number of carbonyl (C=O) groups is 1. The molecule has 0 saturated heterocycles. The predicted octanol–water partition coefficient (Wildman–Crippen LogP) is 1.77. The van der Waals surface area contributed by atoms with Crippen molar-refractivity contribution in [3.05, 3.63) is 35.6 Å². The highest BCUT2D eigenvalue weighted by atomic mass is 19.1. The zero-order chi connectivity index (χ0) is 11.8. The lowest BCUT2D eigenvalue weighted by atomic mass is 9.96. The van der Waals surface area contributed by atoms with E-state index in [1.54, 1.807) is 6.07 Å². The van der Waals surface area contributed by atoms with E-state index in [9.17, 15) is 9.18 Å². The van der Waals surface area contributed by atoms with Crippen LogP contribution >= 0.6 is 0 Å². The summed E-state index contributed by atoms with van der Waals surface area (Å²) in [6, 6.07) is 5.79. The van der Waals surface area contributed by atoms with Gasteiger partial charge >= 0.3 is 0 Å². The summed E-state index contributed by atoms with van der Waals surface area (Å²) in [4.78, 5) is 12.9. The molecule has 0 aromatic heterocycles. The molecule has 0 fully saturated rings. The standard InChI is InChI=1S/C8H6BFO.C3H9N/c9-5-8(11)6-3-1-2-4-7(6)10;1-4(2)3/h1-4H,5H2;1-3H3. The monoisotopic (exact) mass is 207 g/mol. The Labute approximate surface area is 91.5 Å². The molecular weight excluding hydrogens is 192 g/mol. The maximum atomic E-state index is 12.8. The quantitative estimate of drug-likeness (QED) is 0.544. The lowest BCUT2D eigenvalue weighted by molar-refractivity contribution is 0.101. The SMILES string of the molecule is CN(C)C.[B]CC(=O)c1ccccc1F. The van der Waals surface area contributed by atoms with Crippen molar-refractivity contribution in [2.45, 2.75) is 6.32 Å². The van der Waals surface area contributed by atoms with Crippen molar-refractivity contribution in [1.82, 2.24) is 4.90 Å². The van der Waals surface area contributed by atoms with E-state index in [2.05, 4.69) is 0 Å². The summed E-state index contributed by atoms with van der Waals surface area (Å²) in [6.45, 7) is 0. The fourth-order valence-corrected chi connectivity index (χ4v) is 0.797. The molecule has 4 heteroatoms. The van der Waals surface area contributed by atoms with E-state index in [-0.39, 0.29) is 17.7 Å². The van der Waals surface area contributed by atoms with E-state index in [4.69, 9.17) is 7.85 Å². The van der Waals surface area contributed by atoms with E-state index in [0.717, 1.165) is 0 Å². The lowest BCUT2D eigenvalue weighted by Gasteiger charge is -1.97. The maximum Gasteiger partial charge on any atom is 0.157 e. The molecule has 15 heavy (non-hydrogen) atoms. The van der Waals surface area contributed by atoms with Crippen LogP contribution < -0.4 is 0 Å². The maximum absolute atomic E-state index is 12.8. The highest BCUT2D eigenvalue weighted by molar-refractivity contribution is 6.24. The molecule has 0 aliphatic carbocycles. The van der Waals surface area contributed by atoms with Crippen molar-refractivity contribution >= 4 is 13.6 Å². The van der Waals surface area contributed by atoms with Crippen LogP contribution in [0.4, 0.5) is 4.39 Å². The highest BCUT2D eigenvalue weighted by Gasteiger charge is 2.06. The van der Waals surface area contributed by atoms with Crippen molar-refractivity contribution in [2.24, 2.45) is 0 Å². The van der Waals surface area contributed by atoms with Crippen LogP contribution in [0.25, 0.3) is 0 Å². The van der Waals surface area contributed by atoms with Gasteiger partial charge in [0.25, 0.3) is 0 Å². The van der Waals surface area contributed by atoms with Gasteiger partial charge in [-0.15, -0.1) is 0 Å². The minimum atomic E-state index is -0.511. The molecule has 0 spiro atoms. The van der Waals surface area contributed by atoms with Crippen LogP contribution in [0.5, 0.6) is 0 Å². The normalized spacial score (nSPS) is 9.40. The van der Waals surface area contributed by atoms with Gasteiger partial charge in [-0.2, -0.15) is 0 Å². The van der Waals surface area contributed by atoms with Crippen molar-refractivity contribution in [2.75, 3.05) is 21.1 Å². The molecule has 0 heterocycles. The number of ketones is 1. The van der Waals surface area contributed by atoms with E-state index < -0.39 is 5.82 Å². The number of benzene rings is 1. The molecule has 0 unspecified atom stereocenters. The van der Waals surface area contributed by atoms with Gasteiger partial charge < -0.3 is 4.90 Å². The zero-order valence-corrected chi connectivity index (χ0v) is 9.33. The molecule has 80 valence electrons. The van der Waals surface area contributed by atoms with Gasteiger partial charge in [-0.1, -0.05) is 12.1 Å². The fraction of sp³-hybridized carbons (Fsp3) is 0.364. The van der Waals surface area contributed by atoms with Gasteiger partial charge in [0.2, 0.25) is 0 Å². The Hall–Kier alpha value is -1.16. The average Bonchev–Trinajstić information content (AvgIpc) is 2.16. The van der Waals surface area contributed by atoms with Crippen LogP contribution in [0.15, 0.2) is 24.3 Å². The van der Waals surface area contributed by atoms with Gasteiger partial charge in [0.1, 0.15) is 5.82 Å². The first-order chi connectivity index (χ1) is 6.99. The second kappa shape index (κ2) is 7.18. The van der Waals surface area contributed by atoms with Gasteiger partial charge in [-0.05, 0) is 39.6 Å². The summed E-state index contributed by atoms with van der Waals surface area (Å²) in [7, 11) is 11.1. The lowest BCUT2D eigenvalue weighted by Crippen LogP contribution is -2.00. The Morgan fingerprint density at radius 1 is 1.33 bits per heavy atom. The van der Waals surface area contributed by atoms with E-state index in [0.29, 0.717) is 0 Å². The molecule has 0 atom stereocenters. The topological polar surface area (TPSA) is 20.3 Å². The van der Waals surface area contributed by atoms with Gasteiger partial charge in [0.15, 0.2) is 5.78 Å². The van der Waals surface area contributed by atoms with Crippen molar-refractivity contribution in [3.63, 3.8) is 0 Å². The third kappa shape index (κ3) is 6.02. The largest absolute Gasteiger partial charge is 0.312 e. The molecule has 0 N–H and O–H groups in total. The number of nitrogens with zero attached hydrogens (tertiary/aromatic N) is 1. The smallest absolute Gasteiger partial charge is 0.157 e. The number of halogens is 1. The second-order valence-electron chi connectivity index (χ2n) is 3.45. The Bertz CT molecular complexity index is 312. The van der Waals surface area contributed by atoms with Gasteiger partial charge in [0.05, 0.1) is 13.4 Å². The molecule has 0 aliphatic heterocycles. The Balaban J connectivity index is 0.000000423. The molecule has 2 radical (unpaired) electrons. The van der Waals surface area contributed by atoms with Crippen LogP contribution in [0.3, 0.4) is 0 Å². The average molecular weight is 207 g/mol. The van der Waals surface area contributed by atoms with Gasteiger partial charge in [-0.25, -0.2) is 4.39 Å². The molecule has 0 bridgehead atoms. The van der Waals surface area contributed by atoms with Gasteiger partial charge in [0, 0.05) is 0 Å². The Kier molecular flexibility index (Phi) is 6.63. The van der Waals surface area contributed by atoms with Crippen LogP contribution in [-0.4, -0.2) is 39.7 Å². The van der Waals surface area contributed by atoms with Crippen molar-refractivity contribution < 1.29 is 9.18 Å². The summed E-state index contributed by atoms with van der Waals surface area (Å²) < 4.78 is 12.8. The molecule has 1 aromatic rings. The first-order valence-corrected chi connectivity index (χ1v) is 4.57. The summed E-state index contributed by atoms with van der Waals surface area (Å²) in [5.41, 5.74) is 0.0648. The van der Waals surface area contributed by atoms with Crippen LogP contribution in [-0.2, 0) is 0 Å². The minimum absolute atomic E-state index is 0.0648. The van der Waals surface area contributed by atoms with Gasteiger partial charge in [-0.3, -0.25) is 4.79 Å². The minimum Gasteiger partial charge on any atom is -0.312 e. The highest BCUT2D eigenvalue weighted by Crippen LogP contribution is 2.07. The molecule has 0 amide bonds. The summed E-state index contributed by atoms with van der Waals surface area (Å²) in [5.74, 6) is -0.883. The summed E-state index contributed by atoms with van der Waals surface area (Å²) in [6.07, 6.45) is -0.152. The number of rotatable bonds is 2. The predicted molar refractivity (Wildman–Crippen MR) is 60.9 cm³/mol. The molecular formula is C11H15BFNO. The number of carbonyl (C=O) groups excluding carboxylic acids is 1. The van der Waals surface area contributed by atoms with Crippen molar-refractivity contribution in [3.8, 4) is 0 Å². The van der Waals surface area contributed by atoms with Crippen LogP contribution in [0.2, 0.25) is 6.32 Å². The second-order valence-corrected chi connectivity index (χ2v) is 3.45. The van der Waals surface area contributed by atoms with Crippen molar-refractivity contribution in [1.29, 1.82) is 0 Å². The fourth-order valence-electron chi connectivity index (χ4n) is 0.797. The molecule has 2 nitrogen and oxygen atoms in total. The molecule has 0 aliphatic rings. The van der Waals surface area contributed by atoms with E-state index >= 15 is 0 Å².